The maximum atomic E-state index is 13.3. The van der Waals surface area contributed by atoms with E-state index in [-0.39, 0.29) is 25.7 Å². The summed E-state index contributed by atoms with van der Waals surface area (Å²) in [5, 5.41) is 10.8. The number of methoxy groups -OCH3 is 1. The van der Waals surface area contributed by atoms with Gasteiger partial charge in [-0.25, -0.2) is 9.98 Å². The van der Waals surface area contributed by atoms with Gasteiger partial charge in [-0.15, -0.1) is 0 Å². The van der Waals surface area contributed by atoms with Crippen molar-refractivity contribution in [3.05, 3.63) is 59.5 Å². The number of benzene rings is 1. The largest absolute Gasteiger partial charge is 0.480 e. The van der Waals surface area contributed by atoms with Crippen LogP contribution in [0.15, 0.2) is 74.4 Å². The number of aliphatic hydroxyl groups excluding tert-OH is 1. The predicted molar refractivity (Wildman–Crippen MR) is 148 cm³/mol. The van der Waals surface area contributed by atoms with Crippen LogP contribution in [0.2, 0.25) is 0 Å². The fourth-order valence-electron chi connectivity index (χ4n) is 4.72. The molecule has 3 amide bonds. The lowest BCUT2D eigenvalue weighted by atomic mass is 10.00. The van der Waals surface area contributed by atoms with Crippen molar-refractivity contribution < 1.29 is 33.7 Å². The molecule has 1 N–H and O–H groups in total. The van der Waals surface area contributed by atoms with E-state index >= 15 is 0 Å². The van der Waals surface area contributed by atoms with Crippen LogP contribution in [0.5, 0.6) is 0 Å². The minimum atomic E-state index is -1.80. The van der Waals surface area contributed by atoms with Crippen LogP contribution in [0.25, 0.3) is 0 Å². The molecule has 3 heterocycles. The Kier molecular flexibility index (Phi) is 7.83. The molecule has 4 aliphatic rings. The molecule has 1 aromatic rings. The van der Waals surface area contributed by atoms with Crippen LogP contribution in [0.4, 0.5) is 11.4 Å². The van der Waals surface area contributed by atoms with Crippen LogP contribution in [-0.4, -0.2) is 92.4 Å². The van der Waals surface area contributed by atoms with Gasteiger partial charge in [0.2, 0.25) is 5.90 Å². The molecule has 12 nitrogen and oxygen atoms in total. The molecule has 2 unspecified atom stereocenters. The number of carbonyl (C=O) groups excluding carboxylic acids is 3. The molecule has 5 rings (SSSR count). The van der Waals surface area contributed by atoms with Crippen LogP contribution in [0, 0.1) is 0 Å². The topological polar surface area (TPSA) is 143 Å². The van der Waals surface area contributed by atoms with E-state index in [0.29, 0.717) is 47.7 Å². The van der Waals surface area contributed by atoms with Gasteiger partial charge in [0.25, 0.3) is 17.7 Å². The molecule has 40 heavy (non-hydrogen) atoms. The van der Waals surface area contributed by atoms with Crippen molar-refractivity contribution in [2.45, 2.75) is 26.1 Å². The van der Waals surface area contributed by atoms with Gasteiger partial charge in [0.05, 0.1) is 26.0 Å². The Balaban J connectivity index is 1.30. The molecule has 3 aliphatic heterocycles. The zero-order valence-corrected chi connectivity index (χ0v) is 22.4. The first kappa shape index (κ1) is 27.3. The zero-order chi connectivity index (χ0) is 28.4. The Bertz CT molecular complexity index is 1440. The Morgan fingerprint density at radius 3 is 2.58 bits per heavy atom. The number of carbonyl (C=O) groups is 3. The molecule has 2 atom stereocenters. The molecular formula is C28H29N5O7. The standard InChI is InChI=1S/C28H29N5O7/c1-16-13-18(7-8-21(16)25-29-17(2)27(31-25)38-3)30-26(36)23(35)24-28(37)33(10-12-40-24)20-6-4-5-19(14-20)32-9-11-39-15-22(32)34/h4-8,13-14,23-24,35H,9-12,15H2,1-3H3. The van der Waals surface area contributed by atoms with Crippen LogP contribution in [-0.2, 0) is 28.6 Å². The fraction of sp³-hybridized carbons (Fsp3) is 0.357. The van der Waals surface area contributed by atoms with Gasteiger partial charge in [-0.2, -0.15) is 4.99 Å². The van der Waals surface area contributed by atoms with Crippen molar-refractivity contribution in [3.8, 4) is 0 Å². The smallest absolute Gasteiger partial charge is 0.278 e. The van der Waals surface area contributed by atoms with Gasteiger partial charge < -0.3 is 29.1 Å². The van der Waals surface area contributed by atoms with E-state index in [0.717, 1.165) is 11.1 Å². The van der Waals surface area contributed by atoms with Gasteiger partial charge in [-0.1, -0.05) is 6.07 Å². The molecule has 0 radical (unpaired) electrons. The van der Waals surface area contributed by atoms with E-state index in [1.54, 1.807) is 54.3 Å². The summed E-state index contributed by atoms with van der Waals surface area (Å²) >= 11 is 0. The predicted octanol–water partition coefficient (Wildman–Crippen LogP) is 1.36. The lowest BCUT2D eigenvalue weighted by Gasteiger charge is -2.34. The van der Waals surface area contributed by atoms with E-state index in [4.69, 9.17) is 14.2 Å². The summed E-state index contributed by atoms with van der Waals surface area (Å²) in [4.78, 5) is 54.3. The highest BCUT2D eigenvalue weighted by Crippen LogP contribution is 2.28. The number of anilines is 2. The highest BCUT2D eigenvalue weighted by molar-refractivity contribution is 6.39. The fourth-order valence-corrected chi connectivity index (χ4v) is 4.72. The summed E-state index contributed by atoms with van der Waals surface area (Å²) in [7, 11) is 1.53. The minimum absolute atomic E-state index is 0.00143. The number of allylic oxidation sites excluding steroid dienone is 5. The van der Waals surface area contributed by atoms with Crippen molar-refractivity contribution in [1.82, 2.24) is 0 Å². The third-order valence-electron chi connectivity index (χ3n) is 6.77. The number of aliphatic hydroxyl groups is 1. The lowest BCUT2D eigenvalue weighted by Crippen LogP contribution is -2.54. The molecule has 208 valence electrons. The van der Waals surface area contributed by atoms with E-state index in [1.165, 1.54) is 12.0 Å². The molecular weight excluding hydrogens is 518 g/mol. The van der Waals surface area contributed by atoms with Crippen LogP contribution < -0.4 is 9.80 Å². The van der Waals surface area contributed by atoms with Gasteiger partial charge >= 0.3 is 0 Å². The van der Waals surface area contributed by atoms with E-state index in [1.807, 2.05) is 6.92 Å². The molecule has 0 spiro atoms. The van der Waals surface area contributed by atoms with E-state index < -0.39 is 24.0 Å². The van der Waals surface area contributed by atoms with Gasteiger partial charge in [0.1, 0.15) is 12.3 Å². The third kappa shape index (κ3) is 5.41. The van der Waals surface area contributed by atoms with E-state index in [9.17, 15) is 19.5 Å². The minimum Gasteiger partial charge on any atom is -0.480 e. The van der Waals surface area contributed by atoms with E-state index in [2.05, 4.69) is 15.0 Å². The first-order chi connectivity index (χ1) is 19.3. The van der Waals surface area contributed by atoms with Gasteiger partial charge in [0.15, 0.2) is 18.0 Å². The Morgan fingerprint density at radius 2 is 1.88 bits per heavy atom. The summed E-state index contributed by atoms with van der Waals surface area (Å²) in [5.41, 5.74) is 3.65. The Labute approximate surface area is 230 Å². The number of amides is 3. The highest BCUT2D eigenvalue weighted by Gasteiger charge is 2.39. The first-order valence-corrected chi connectivity index (χ1v) is 12.8. The quantitative estimate of drug-likeness (QED) is 0.600. The molecule has 0 saturated carbocycles. The Morgan fingerprint density at radius 1 is 1.12 bits per heavy atom. The molecule has 2 fully saturated rings. The summed E-state index contributed by atoms with van der Waals surface area (Å²) in [5.74, 6) is -0.710. The Hall–Kier alpha value is -4.26. The van der Waals surface area contributed by atoms with Crippen molar-refractivity contribution in [2.75, 3.05) is 49.8 Å². The molecule has 0 aromatic heterocycles. The number of hydrogen-bond donors (Lipinski definition) is 1. The molecule has 1 aromatic carbocycles. The molecule has 0 bridgehead atoms. The number of aliphatic imine (C=N–C) groups is 3. The number of rotatable bonds is 4. The number of hydrogen-bond acceptors (Lipinski definition) is 9. The second-order valence-corrected chi connectivity index (χ2v) is 9.44. The molecule has 1 aliphatic carbocycles. The van der Waals surface area contributed by atoms with Crippen LogP contribution in [0.1, 0.15) is 13.8 Å². The van der Waals surface area contributed by atoms with Crippen molar-refractivity contribution in [1.29, 1.82) is 0 Å². The maximum Gasteiger partial charge on any atom is 0.278 e. The number of morpholine rings is 2. The average molecular weight is 548 g/mol. The maximum absolute atomic E-state index is 13.3. The summed E-state index contributed by atoms with van der Waals surface area (Å²) in [6.45, 7) is 4.79. The van der Waals surface area contributed by atoms with Crippen molar-refractivity contribution in [2.24, 2.45) is 15.0 Å². The molecule has 12 heteroatoms. The molecule has 2 saturated heterocycles. The average Bonchev–Trinajstić information content (AvgIpc) is 3.33. The van der Waals surface area contributed by atoms with Crippen molar-refractivity contribution >= 4 is 46.4 Å². The SMILES string of the molecule is COC1=NC(=C2C=CC(=NC(=O)C(O)C3OCCN(c4cccc(N5CCOCC5=O)c4)C3=O)C=C2C)N=C1C. The van der Waals surface area contributed by atoms with Gasteiger partial charge in [-0.3, -0.25) is 14.4 Å². The second-order valence-electron chi connectivity index (χ2n) is 9.44. The zero-order valence-electron chi connectivity index (χ0n) is 22.4. The van der Waals surface area contributed by atoms with Gasteiger partial charge in [0, 0.05) is 30.0 Å². The van der Waals surface area contributed by atoms with Crippen LogP contribution in [0.3, 0.4) is 0 Å². The van der Waals surface area contributed by atoms with Crippen LogP contribution >= 0.6 is 0 Å². The third-order valence-corrected chi connectivity index (χ3v) is 6.77. The van der Waals surface area contributed by atoms with Gasteiger partial charge in [-0.05, 0) is 55.8 Å². The highest BCUT2D eigenvalue weighted by atomic mass is 16.5. The number of ether oxygens (including phenoxy) is 3. The second kappa shape index (κ2) is 11.5. The summed E-state index contributed by atoms with van der Waals surface area (Å²) in [6, 6.07) is 6.97. The first-order valence-electron chi connectivity index (χ1n) is 12.8. The number of nitrogens with zero attached hydrogens (tertiary/aromatic N) is 5. The van der Waals surface area contributed by atoms with Crippen molar-refractivity contribution in [3.63, 3.8) is 0 Å². The monoisotopic (exact) mass is 547 g/mol. The summed E-state index contributed by atoms with van der Waals surface area (Å²) < 4.78 is 15.9. The summed E-state index contributed by atoms with van der Waals surface area (Å²) in [6.07, 6.45) is 1.79. The lowest BCUT2D eigenvalue weighted by molar-refractivity contribution is -0.151. The normalized spacial score (nSPS) is 25.1.